The fraction of sp³-hybridized carbons (Fsp3) is 0.471. The maximum absolute atomic E-state index is 12.4. The van der Waals surface area contributed by atoms with Gasteiger partial charge in [-0.3, -0.25) is 18.9 Å². The number of rotatable bonds is 12. The Kier molecular flexibility index (Phi) is 8.48. The Hall–Kier alpha value is -2.18. The van der Waals surface area contributed by atoms with Crippen LogP contribution in [0, 0.1) is 11.8 Å². The number of carbonyl (C=O) groups is 3. The van der Waals surface area contributed by atoms with E-state index in [0.29, 0.717) is 6.42 Å². The van der Waals surface area contributed by atoms with Crippen LogP contribution in [-0.2, 0) is 25.4 Å². The highest BCUT2D eigenvalue weighted by Gasteiger charge is 2.33. The molecule has 0 spiro atoms. The van der Waals surface area contributed by atoms with E-state index in [9.17, 15) is 28.9 Å². The van der Waals surface area contributed by atoms with Gasteiger partial charge in [0.2, 0.25) is 7.37 Å². The summed E-state index contributed by atoms with van der Waals surface area (Å²) in [6.45, 7) is 0. The molecule has 4 N–H and O–H groups in total. The van der Waals surface area contributed by atoms with Crippen molar-refractivity contribution in [1.82, 2.24) is 0 Å². The molecule has 0 aliphatic carbocycles. The first-order valence-electron chi connectivity index (χ1n) is 8.13. The van der Waals surface area contributed by atoms with Crippen molar-refractivity contribution in [3.63, 3.8) is 0 Å². The average molecular weight is 386 g/mol. The first-order valence-corrected chi connectivity index (χ1v) is 10.2. The van der Waals surface area contributed by atoms with Gasteiger partial charge in [0.15, 0.2) is 0 Å². The third-order valence-electron chi connectivity index (χ3n) is 4.04. The molecule has 0 aliphatic heterocycles. The number of aryl methyl sites for hydroxylation is 1. The largest absolute Gasteiger partial charge is 0.481 e. The summed E-state index contributed by atoms with van der Waals surface area (Å²) in [4.78, 5) is 43.3. The second kappa shape index (κ2) is 10.1. The Morgan fingerprint density at radius 3 is 1.85 bits per heavy atom. The highest BCUT2D eigenvalue weighted by Crippen LogP contribution is 2.46. The molecular weight excluding hydrogens is 363 g/mol. The van der Waals surface area contributed by atoms with Crippen LogP contribution in [0.2, 0.25) is 0 Å². The Labute approximate surface area is 150 Å². The van der Waals surface area contributed by atoms with Crippen molar-refractivity contribution in [2.75, 3.05) is 12.3 Å². The third-order valence-corrected chi connectivity index (χ3v) is 6.06. The number of aliphatic carboxylic acids is 3. The molecule has 1 aromatic rings. The maximum atomic E-state index is 12.4. The molecule has 0 saturated carbocycles. The van der Waals surface area contributed by atoms with E-state index in [0.717, 1.165) is 5.56 Å². The lowest BCUT2D eigenvalue weighted by atomic mass is 10.0. The van der Waals surface area contributed by atoms with Gasteiger partial charge in [-0.05, 0) is 24.8 Å². The summed E-state index contributed by atoms with van der Waals surface area (Å²) in [7, 11) is -4.05. The number of benzene rings is 1. The molecule has 0 radical (unpaired) electrons. The van der Waals surface area contributed by atoms with Crippen LogP contribution >= 0.6 is 7.37 Å². The lowest BCUT2D eigenvalue weighted by Gasteiger charge is -2.20. The normalized spacial score (nSPS) is 15.6. The van der Waals surface area contributed by atoms with Gasteiger partial charge in [0.1, 0.15) is 0 Å². The second-order valence-electron chi connectivity index (χ2n) is 6.24. The first-order chi connectivity index (χ1) is 12.1. The van der Waals surface area contributed by atoms with E-state index >= 15 is 0 Å². The maximum Gasteiger partial charge on any atom is 0.307 e. The summed E-state index contributed by atoms with van der Waals surface area (Å²) >= 11 is 0. The van der Waals surface area contributed by atoms with Crippen molar-refractivity contribution >= 4 is 25.3 Å². The molecule has 144 valence electrons. The van der Waals surface area contributed by atoms with Crippen LogP contribution in [0.1, 0.15) is 24.8 Å². The van der Waals surface area contributed by atoms with Crippen LogP contribution in [0.4, 0.5) is 0 Å². The lowest BCUT2D eigenvalue weighted by molar-refractivity contribution is -0.142. The second-order valence-corrected chi connectivity index (χ2v) is 8.66. The highest BCUT2D eigenvalue weighted by molar-refractivity contribution is 7.58. The van der Waals surface area contributed by atoms with Crippen molar-refractivity contribution in [2.45, 2.75) is 25.7 Å². The van der Waals surface area contributed by atoms with Crippen LogP contribution in [-0.4, -0.2) is 50.4 Å². The summed E-state index contributed by atoms with van der Waals surface area (Å²) in [6.07, 6.45) is -1.32. The van der Waals surface area contributed by atoms with Crippen LogP contribution in [0.3, 0.4) is 0 Å². The van der Waals surface area contributed by atoms with Crippen molar-refractivity contribution in [2.24, 2.45) is 11.8 Å². The standard InChI is InChI=1S/C17H23O8P/c18-15(19)9-8-14(17(22)23)11-26(24,25)10-13(16(20)21)7-6-12-4-2-1-3-5-12/h1-5,13-14H,6-11H2,(H,18,19)(H,20,21)(H,22,23)(H,24,25). The van der Waals surface area contributed by atoms with Gasteiger partial charge in [-0.2, -0.15) is 0 Å². The van der Waals surface area contributed by atoms with Gasteiger partial charge in [0.25, 0.3) is 0 Å². The molecule has 0 amide bonds. The minimum atomic E-state index is -4.05. The molecule has 1 rings (SSSR count). The molecule has 0 aromatic heterocycles. The van der Waals surface area contributed by atoms with Gasteiger partial charge >= 0.3 is 17.9 Å². The number of hydrogen-bond acceptors (Lipinski definition) is 4. The Bertz CT molecular complexity index is 673. The topological polar surface area (TPSA) is 149 Å². The van der Waals surface area contributed by atoms with Crippen LogP contribution in [0.15, 0.2) is 30.3 Å². The Morgan fingerprint density at radius 1 is 0.885 bits per heavy atom. The predicted octanol–water partition coefficient (Wildman–Crippen LogP) is 2.16. The zero-order chi connectivity index (χ0) is 19.7. The van der Waals surface area contributed by atoms with Crippen LogP contribution in [0.25, 0.3) is 0 Å². The van der Waals surface area contributed by atoms with Crippen LogP contribution in [0.5, 0.6) is 0 Å². The number of hydrogen-bond donors (Lipinski definition) is 4. The third kappa shape index (κ3) is 8.27. The summed E-state index contributed by atoms with van der Waals surface area (Å²) in [5.41, 5.74) is 0.899. The zero-order valence-corrected chi connectivity index (χ0v) is 15.0. The molecule has 3 unspecified atom stereocenters. The van der Waals surface area contributed by atoms with Crippen LogP contribution < -0.4 is 0 Å². The van der Waals surface area contributed by atoms with E-state index in [-0.39, 0.29) is 12.8 Å². The molecule has 1 aromatic carbocycles. The summed E-state index contributed by atoms with van der Waals surface area (Å²) < 4.78 is 12.4. The van der Waals surface area contributed by atoms with E-state index in [4.69, 9.17) is 10.2 Å². The monoisotopic (exact) mass is 386 g/mol. The summed E-state index contributed by atoms with van der Waals surface area (Å²) in [5.74, 6) is -6.16. The van der Waals surface area contributed by atoms with Crippen molar-refractivity contribution < 1.29 is 39.2 Å². The lowest BCUT2D eigenvalue weighted by Crippen LogP contribution is -2.24. The molecule has 26 heavy (non-hydrogen) atoms. The Morgan fingerprint density at radius 2 is 1.38 bits per heavy atom. The van der Waals surface area contributed by atoms with E-state index < -0.39 is 55.9 Å². The smallest absolute Gasteiger partial charge is 0.307 e. The van der Waals surface area contributed by atoms with Crippen molar-refractivity contribution in [3.05, 3.63) is 35.9 Å². The molecule has 8 nitrogen and oxygen atoms in total. The molecule has 0 saturated heterocycles. The molecule has 0 fully saturated rings. The summed E-state index contributed by atoms with van der Waals surface area (Å²) in [6, 6.07) is 9.08. The van der Waals surface area contributed by atoms with Crippen molar-refractivity contribution in [1.29, 1.82) is 0 Å². The SMILES string of the molecule is O=C(O)CCC(CP(=O)(O)CC(CCc1ccccc1)C(=O)O)C(=O)O. The molecular formula is C17H23O8P. The number of carboxylic acids is 3. The number of carboxylic acid groups (broad SMARTS) is 3. The average Bonchev–Trinajstić information content (AvgIpc) is 2.55. The minimum Gasteiger partial charge on any atom is -0.481 e. The molecule has 0 bridgehead atoms. The molecule has 3 atom stereocenters. The fourth-order valence-electron chi connectivity index (χ4n) is 2.63. The molecule has 0 aliphatic rings. The summed E-state index contributed by atoms with van der Waals surface area (Å²) in [5, 5.41) is 27.0. The van der Waals surface area contributed by atoms with Gasteiger partial charge in [-0.25, -0.2) is 0 Å². The van der Waals surface area contributed by atoms with Gasteiger partial charge < -0.3 is 20.2 Å². The Balaban J connectivity index is 2.71. The van der Waals surface area contributed by atoms with E-state index in [1.807, 2.05) is 30.3 Å². The van der Waals surface area contributed by atoms with E-state index in [1.54, 1.807) is 0 Å². The van der Waals surface area contributed by atoms with Crippen molar-refractivity contribution in [3.8, 4) is 0 Å². The first kappa shape index (κ1) is 21.9. The quantitative estimate of drug-likeness (QED) is 0.399. The predicted molar refractivity (Wildman–Crippen MR) is 93.4 cm³/mol. The van der Waals surface area contributed by atoms with E-state index in [2.05, 4.69) is 0 Å². The molecule has 0 heterocycles. The van der Waals surface area contributed by atoms with Gasteiger partial charge in [0, 0.05) is 18.7 Å². The van der Waals surface area contributed by atoms with E-state index in [1.165, 1.54) is 0 Å². The molecule has 9 heteroatoms. The zero-order valence-electron chi connectivity index (χ0n) is 14.2. The minimum absolute atomic E-state index is 0.150. The highest BCUT2D eigenvalue weighted by atomic mass is 31.2. The van der Waals surface area contributed by atoms with Gasteiger partial charge in [-0.1, -0.05) is 30.3 Å². The van der Waals surface area contributed by atoms with Gasteiger partial charge in [-0.15, -0.1) is 0 Å². The van der Waals surface area contributed by atoms with Gasteiger partial charge in [0.05, 0.1) is 11.8 Å². The fourth-order valence-corrected chi connectivity index (χ4v) is 4.84.